The molecule has 0 radical (unpaired) electrons. The van der Waals surface area contributed by atoms with Crippen molar-refractivity contribution in [3.8, 4) is 0 Å². The van der Waals surface area contributed by atoms with E-state index in [2.05, 4.69) is 10.6 Å². The largest absolute Gasteiger partial charge is 0.478 e. The highest BCUT2D eigenvalue weighted by Crippen LogP contribution is 2.23. The summed E-state index contributed by atoms with van der Waals surface area (Å²) in [6, 6.07) is 4.94. The molecule has 1 aromatic rings. The molecule has 1 rings (SSSR count). The van der Waals surface area contributed by atoms with Crippen molar-refractivity contribution in [1.29, 1.82) is 0 Å². The van der Waals surface area contributed by atoms with E-state index in [1.165, 1.54) is 6.08 Å². The van der Waals surface area contributed by atoms with Gasteiger partial charge in [0, 0.05) is 12.5 Å². The van der Waals surface area contributed by atoms with Gasteiger partial charge >= 0.3 is 5.97 Å². The Labute approximate surface area is 139 Å². The number of nitrogens with one attached hydrogen (secondary N) is 2. The van der Waals surface area contributed by atoms with E-state index in [0.717, 1.165) is 18.9 Å². The average molecular weight is 341 g/mol. The first-order valence-corrected chi connectivity index (χ1v) is 7.52. The van der Waals surface area contributed by atoms with Gasteiger partial charge in [-0.25, -0.2) is 4.79 Å². The third-order valence-electron chi connectivity index (χ3n) is 2.67. The molecule has 0 aliphatic rings. The summed E-state index contributed by atoms with van der Waals surface area (Å²) in [7, 11) is 0. The quantitative estimate of drug-likeness (QED) is 0.546. The van der Waals surface area contributed by atoms with Gasteiger partial charge in [0.1, 0.15) is 0 Å². The fraction of sp³-hybridized carbons (Fsp3) is 0.267. The number of anilines is 1. The molecule has 5 nitrogen and oxygen atoms in total. The molecular formula is C15H17ClN2O3S. The Kier molecular flexibility index (Phi) is 7.56. The molecule has 0 saturated heterocycles. The molecule has 0 saturated carbocycles. The second-order valence-electron chi connectivity index (χ2n) is 4.52. The molecule has 0 unspecified atom stereocenters. The summed E-state index contributed by atoms with van der Waals surface area (Å²) in [5.41, 5.74) is 1.14. The normalized spacial score (nSPS) is 10.5. The van der Waals surface area contributed by atoms with Crippen LogP contribution in [0.4, 0.5) is 5.69 Å². The maximum absolute atomic E-state index is 11.6. The molecule has 0 aromatic heterocycles. The van der Waals surface area contributed by atoms with Crippen LogP contribution in [0, 0.1) is 0 Å². The van der Waals surface area contributed by atoms with Crippen LogP contribution in [0.15, 0.2) is 24.3 Å². The molecule has 22 heavy (non-hydrogen) atoms. The first kappa shape index (κ1) is 18.1. The molecule has 0 fully saturated rings. The summed E-state index contributed by atoms with van der Waals surface area (Å²) in [4.78, 5) is 22.1. The van der Waals surface area contributed by atoms with Crippen molar-refractivity contribution in [3.05, 3.63) is 34.9 Å². The van der Waals surface area contributed by atoms with E-state index >= 15 is 0 Å². The molecule has 118 valence electrons. The number of halogens is 1. The minimum atomic E-state index is -1.04. The lowest BCUT2D eigenvalue weighted by Gasteiger charge is -2.11. The van der Waals surface area contributed by atoms with Gasteiger partial charge in [0.05, 0.1) is 10.7 Å². The van der Waals surface area contributed by atoms with E-state index in [1.54, 1.807) is 18.2 Å². The minimum absolute atomic E-state index is 0.155. The molecule has 0 bridgehead atoms. The SMILES string of the molecule is CCCCC(=O)NC(=S)Nc1cc(/C=C/C(=O)O)ccc1Cl. The van der Waals surface area contributed by atoms with Gasteiger partial charge < -0.3 is 15.7 Å². The van der Waals surface area contributed by atoms with Crippen LogP contribution in [0.25, 0.3) is 6.08 Å². The Balaban J connectivity index is 2.71. The van der Waals surface area contributed by atoms with Crippen molar-refractivity contribution in [3.63, 3.8) is 0 Å². The highest BCUT2D eigenvalue weighted by Gasteiger charge is 2.07. The predicted molar refractivity (Wildman–Crippen MR) is 92.0 cm³/mol. The van der Waals surface area contributed by atoms with Crippen molar-refractivity contribution >= 4 is 52.6 Å². The lowest BCUT2D eigenvalue weighted by molar-refractivity contribution is -0.131. The Morgan fingerprint density at radius 2 is 2.14 bits per heavy atom. The lowest BCUT2D eigenvalue weighted by Crippen LogP contribution is -2.34. The van der Waals surface area contributed by atoms with Crippen molar-refractivity contribution < 1.29 is 14.7 Å². The molecule has 1 aromatic carbocycles. The number of carbonyl (C=O) groups is 2. The molecule has 3 N–H and O–H groups in total. The van der Waals surface area contributed by atoms with Gasteiger partial charge in [0.15, 0.2) is 5.11 Å². The summed E-state index contributed by atoms with van der Waals surface area (Å²) in [5, 5.41) is 14.6. The Bertz CT molecular complexity index is 602. The van der Waals surface area contributed by atoms with Gasteiger partial charge in [-0.15, -0.1) is 0 Å². The van der Waals surface area contributed by atoms with Crippen molar-refractivity contribution in [2.75, 3.05) is 5.32 Å². The number of thiocarbonyl (C=S) groups is 1. The zero-order valence-corrected chi connectivity index (χ0v) is 13.6. The number of unbranched alkanes of at least 4 members (excludes halogenated alkanes) is 1. The van der Waals surface area contributed by atoms with Crippen LogP contribution in [0.5, 0.6) is 0 Å². The topological polar surface area (TPSA) is 78.4 Å². The molecule has 7 heteroatoms. The smallest absolute Gasteiger partial charge is 0.328 e. The van der Waals surface area contributed by atoms with E-state index in [9.17, 15) is 9.59 Å². The van der Waals surface area contributed by atoms with Crippen molar-refractivity contribution in [2.24, 2.45) is 0 Å². The summed E-state index contributed by atoms with van der Waals surface area (Å²) < 4.78 is 0. The lowest BCUT2D eigenvalue weighted by atomic mass is 10.2. The second-order valence-corrected chi connectivity index (χ2v) is 5.33. The van der Waals surface area contributed by atoms with Crippen LogP contribution >= 0.6 is 23.8 Å². The second kappa shape index (κ2) is 9.17. The molecule has 1 amide bonds. The number of rotatable bonds is 6. The average Bonchev–Trinajstić information content (AvgIpc) is 2.45. The fourth-order valence-electron chi connectivity index (χ4n) is 1.59. The molecule has 0 aliphatic heterocycles. The summed E-state index contributed by atoms with van der Waals surface area (Å²) in [5.74, 6) is -1.19. The number of aliphatic carboxylic acids is 1. The van der Waals surface area contributed by atoms with Crippen LogP contribution in [0.2, 0.25) is 5.02 Å². The highest BCUT2D eigenvalue weighted by molar-refractivity contribution is 7.80. The van der Waals surface area contributed by atoms with Gasteiger partial charge in [-0.3, -0.25) is 4.79 Å². The predicted octanol–water partition coefficient (Wildman–Crippen LogP) is 3.44. The number of benzene rings is 1. The maximum Gasteiger partial charge on any atom is 0.328 e. The number of amides is 1. The molecule has 0 spiro atoms. The number of carboxylic acid groups (broad SMARTS) is 1. The Morgan fingerprint density at radius 1 is 1.41 bits per heavy atom. The molecule has 0 atom stereocenters. The highest BCUT2D eigenvalue weighted by atomic mass is 35.5. The summed E-state index contributed by atoms with van der Waals surface area (Å²) in [6.07, 6.45) is 4.60. The van der Waals surface area contributed by atoms with Gasteiger partial charge in [-0.1, -0.05) is 31.0 Å². The van der Waals surface area contributed by atoms with Crippen LogP contribution in [0.3, 0.4) is 0 Å². The summed E-state index contributed by atoms with van der Waals surface area (Å²) in [6.45, 7) is 2.00. The van der Waals surface area contributed by atoms with E-state index in [-0.39, 0.29) is 11.0 Å². The third kappa shape index (κ3) is 6.69. The van der Waals surface area contributed by atoms with E-state index < -0.39 is 5.97 Å². The number of carboxylic acids is 1. The van der Waals surface area contributed by atoms with Crippen LogP contribution in [-0.4, -0.2) is 22.1 Å². The number of hydrogen-bond donors (Lipinski definition) is 3. The van der Waals surface area contributed by atoms with E-state index in [4.69, 9.17) is 28.9 Å². The monoisotopic (exact) mass is 340 g/mol. The first-order valence-electron chi connectivity index (χ1n) is 6.73. The van der Waals surface area contributed by atoms with Gasteiger partial charge in [-0.05, 0) is 42.4 Å². The number of carbonyl (C=O) groups excluding carboxylic acids is 1. The first-order chi connectivity index (χ1) is 10.4. The zero-order chi connectivity index (χ0) is 16.5. The Hall–Kier alpha value is -1.92. The van der Waals surface area contributed by atoms with Crippen molar-refractivity contribution in [2.45, 2.75) is 26.2 Å². The van der Waals surface area contributed by atoms with Gasteiger partial charge in [0.25, 0.3) is 0 Å². The molecule has 0 aliphatic carbocycles. The van der Waals surface area contributed by atoms with Crippen LogP contribution in [-0.2, 0) is 9.59 Å². The van der Waals surface area contributed by atoms with E-state index in [0.29, 0.717) is 22.7 Å². The maximum atomic E-state index is 11.6. The standard InChI is InChI=1S/C15H17ClN2O3S/c1-2-3-4-13(19)18-15(22)17-12-9-10(5-7-11(12)16)6-8-14(20)21/h5-9H,2-4H2,1H3,(H,20,21)(H2,17,18,19,22)/b8-6+. The van der Waals surface area contributed by atoms with Crippen LogP contribution in [0.1, 0.15) is 31.7 Å². The molecular weight excluding hydrogens is 324 g/mol. The zero-order valence-electron chi connectivity index (χ0n) is 12.1. The molecule has 0 heterocycles. The number of hydrogen-bond acceptors (Lipinski definition) is 3. The summed E-state index contributed by atoms with van der Waals surface area (Å²) >= 11 is 11.1. The van der Waals surface area contributed by atoms with E-state index in [1.807, 2.05) is 6.92 Å². The van der Waals surface area contributed by atoms with Crippen molar-refractivity contribution in [1.82, 2.24) is 5.32 Å². The minimum Gasteiger partial charge on any atom is -0.478 e. The third-order valence-corrected chi connectivity index (χ3v) is 3.20. The van der Waals surface area contributed by atoms with Gasteiger partial charge in [-0.2, -0.15) is 0 Å². The van der Waals surface area contributed by atoms with Gasteiger partial charge in [0.2, 0.25) is 5.91 Å². The Morgan fingerprint density at radius 3 is 2.77 bits per heavy atom. The van der Waals surface area contributed by atoms with Crippen LogP contribution < -0.4 is 10.6 Å². The fourth-order valence-corrected chi connectivity index (χ4v) is 1.98.